The summed E-state index contributed by atoms with van der Waals surface area (Å²) in [6, 6.07) is 0. The minimum absolute atomic E-state index is 0.373. The minimum Gasteiger partial charge on any atom is -0.377 e. The first-order valence-corrected chi connectivity index (χ1v) is 20.8. The van der Waals surface area contributed by atoms with Crippen molar-refractivity contribution in [3.8, 4) is 0 Å². The third kappa shape index (κ3) is 32.4. The molecule has 18 heteroatoms. The van der Waals surface area contributed by atoms with Crippen molar-refractivity contribution in [1.29, 1.82) is 0 Å². The minimum atomic E-state index is 0.373. The Hall–Kier alpha value is -2.20. The number of aromatic nitrogens is 6. The molecule has 0 bridgehead atoms. The average Bonchev–Trinajstić information content (AvgIpc) is 3.88. The topological polar surface area (TPSA) is 172 Å². The van der Waals surface area contributed by atoms with Gasteiger partial charge in [-0.15, -0.1) is 10.2 Å². The van der Waals surface area contributed by atoms with Crippen LogP contribution in [0.1, 0.15) is 64.3 Å². The fraction of sp³-hybridized carbons (Fsp3) is 0.897. The van der Waals surface area contributed by atoms with Crippen LogP contribution in [0.3, 0.4) is 0 Å². The maximum absolute atomic E-state index is 5.63. The second-order valence-electron chi connectivity index (χ2n) is 13.7. The van der Waals surface area contributed by atoms with Crippen LogP contribution in [0.25, 0.3) is 0 Å². The van der Waals surface area contributed by atoms with Crippen molar-refractivity contribution in [2.75, 3.05) is 152 Å². The Bertz CT molecular complexity index is 1130. The lowest BCUT2D eigenvalue weighted by molar-refractivity contribution is -0.0286. The normalized spacial score (nSPS) is 11.9. The van der Waals surface area contributed by atoms with Gasteiger partial charge in [-0.25, -0.2) is 4.68 Å². The van der Waals surface area contributed by atoms with E-state index < -0.39 is 0 Å². The Labute approximate surface area is 340 Å². The number of aryl methyl sites for hydroxylation is 1. The van der Waals surface area contributed by atoms with Gasteiger partial charge in [0.25, 0.3) is 0 Å². The maximum Gasteiger partial charge on any atom is 0.108 e. The van der Waals surface area contributed by atoms with Crippen molar-refractivity contribution in [3.63, 3.8) is 0 Å². The van der Waals surface area contributed by atoms with Gasteiger partial charge in [0.15, 0.2) is 0 Å². The number of unbranched alkanes of at least 4 members (excludes halogenated alkanes) is 1. The van der Waals surface area contributed by atoms with Gasteiger partial charge < -0.3 is 56.8 Å². The highest BCUT2D eigenvalue weighted by Crippen LogP contribution is 2.09. The first-order valence-electron chi connectivity index (χ1n) is 20.8. The van der Waals surface area contributed by atoms with Crippen LogP contribution in [0.15, 0.2) is 12.4 Å². The fourth-order valence-electron chi connectivity index (χ4n) is 4.78. The molecule has 2 aromatic heterocycles. The second-order valence-corrected chi connectivity index (χ2v) is 13.7. The van der Waals surface area contributed by atoms with E-state index in [1.807, 2.05) is 17.1 Å². The molecule has 0 fully saturated rings. The number of hydrogen-bond donors (Lipinski definition) is 0. The lowest BCUT2D eigenvalue weighted by Gasteiger charge is -2.09. The molecule has 0 N–H and O–H groups in total. The predicted octanol–water partition coefficient (Wildman–Crippen LogP) is 3.22. The molecule has 2 rings (SSSR count). The Kier molecular flexibility index (Phi) is 34.0. The van der Waals surface area contributed by atoms with E-state index in [4.69, 9.17) is 56.8 Å². The summed E-state index contributed by atoms with van der Waals surface area (Å²) >= 11 is 0. The average molecular weight is 819 g/mol. The summed E-state index contributed by atoms with van der Waals surface area (Å²) in [6.45, 7) is 22.5. The van der Waals surface area contributed by atoms with Crippen molar-refractivity contribution >= 4 is 0 Å². The van der Waals surface area contributed by atoms with Crippen LogP contribution in [0.2, 0.25) is 0 Å². The molecule has 0 saturated heterocycles. The van der Waals surface area contributed by atoms with Crippen LogP contribution < -0.4 is 0 Å². The molecule has 0 amide bonds. The summed E-state index contributed by atoms with van der Waals surface area (Å²) in [6.07, 6.45) is 7.49. The Morgan fingerprint density at radius 2 is 0.754 bits per heavy atom. The molecule has 0 saturated carbocycles. The van der Waals surface area contributed by atoms with Crippen molar-refractivity contribution in [1.82, 2.24) is 30.0 Å². The zero-order valence-electron chi connectivity index (χ0n) is 35.4. The van der Waals surface area contributed by atoms with Crippen LogP contribution in [0.4, 0.5) is 0 Å². The first kappa shape index (κ1) is 50.9. The van der Waals surface area contributed by atoms with Crippen LogP contribution in [-0.4, -0.2) is 182 Å². The zero-order valence-corrected chi connectivity index (χ0v) is 35.4. The van der Waals surface area contributed by atoms with Gasteiger partial charge in [0, 0.05) is 12.7 Å². The van der Waals surface area contributed by atoms with Crippen molar-refractivity contribution in [2.45, 2.75) is 72.6 Å². The largest absolute Gasteiger partial charge is 0.377 e. The Morgan fingerprint density at radius 3 is 1.12 bits per heavy atom. The predicted molar refractivity (Wildman–Crippen MR) is 211 cm³/mol. The molecule has 0 aliphatic rings. The highest BCUT2D eigenvalue weighted by Gasteiger charge is 2.05. The van der Waals surface area contributed by atoms with E-state index >= 15 is 0 Å². The van der Waals surface area contributed by atoms with Crippen molar-refractivity contribution in [2.24, 2.45) is 5.92 Å². The number of ether oxygens (including phenoxy) is 12. The van der Waals surface area contributed by atoms with Crippen LogP contribution in [0.5, 0.6) is 0 Å². The van der Waals surface area contributed by atoms with Crippen molar-refractivity contribution in [3.05, 3.63) is 23.8 Å². The standard InChI is InChI=1S/C39H74N6O12/c1-36(2)7-5-6-8-44-33-38(40-42-44)35-57-32-31-56-30-29-55-28-27-54-26-25-53-24-23-52-22-21-51-20-19-50-18-17-49-16-15-48-14-13-47-12-11-46-10-9-45-34-39(37(3)4)41-43-45/h33-34,36-37H,5-32,35H2,1-4H3. The Balaban J connectivity index is 1.15. The quantitative estimate of drug-likeness (QED) is 0.0892. The summed E-state index contributed by atoms with van der Waals surface area (Å²) < 4.78 is 70.1. The third-order valence-corrected chi connectivity index (χ3v) is 7.96. The summed E-state index contributed by atoms with van der Waals surface area (Å²) in [4.78, 5) is 0. The lowest BCUT2D eigenvalue weighted by atomic mass is 10.1. The molecule has 18 nitrogen and oxygen atoms in total. The van der Waals surface area contributed by atoms with Gasteiger partial charge in [0.05, 0.1) is 177 Å². The Morgan fingerprint density at radius 1 is 0.404 bits per heavy atom. The maximum atomic E-state index is 5.63. The molecule has 57 heavy (non-hydrogen) atoms. The molecule has 0 aliphatic heterocycles. The molecule has 332 valence electrons. The molecule has 0 unspecified atom stereocenters. The fourth-order valence-corrected chi connectivity index (χ4v) is 4.78. The van der Waals surface area contributed by atoms with Gasteiger partial charge in [0.1, 0.15) is 5.69 Å². The van der Waals surface area contributed by atoms with E-state index in [0.717, 1.165) is 30.3 Å². The molecular formula is C39H74N6O12. The number of hydrogen-bond acceptors (Lipinski definition) is 16. The van der Waals surface area contributed by atoms with E-state index in [1.54, 1.807) is 4.68 Å². The van der Waals surface area contributed by atoms with Gasteiger partial charge in [-0.05, 0) is 18.3 Å². The van der Waals surface area contributed by atoms with Crippen molar-refractivity contribution < 1.29 is 56.8 Å². The van der Waals surface area contributed by atoms with Crippen LogP contribution in [0, 0.1) is 5.92 Å². The zero-order chi connectivity index (χ0) is 40.7. The van der Waals surface area contributed by atoms with Gasteiger partial charge in [-0.1, -0.05) is 51.0 Å². The third-order valence-electron chi connectivity index (χ3n) is 7.96. The van der Waals surface area contributed by atoms with E-state index in [-0.39, 0.29) is 0 Å². The van der Waals surface area contributed by atoms with E-state index in [2.05, 4.69) is 48.3 Å². The second kappa shape index (κ2) is 38.0. The molecule has 0 aromatic carbocycles. The number of nitrogens with zero attached hydrogens (tertiary/aromatic N) is 6. The monoisotopic (exact) mass is 819 g/mol. The van der Waals surface area contributed by atoms with Crippen LogP contribution in [-0.2, 0) is 76.5 Å². The summed E-state index contributed by atoms with van der Waals surface area (Å²) in [5, 5.41) is 16.6. The number of rotatable bonds is 44. The molecule has 0 spiro atoms. The lowest BCUT2D eigenvalue weighted by Crippen LogP contribution is -2.15. The first-order chi connectivity index (χ1) is 28.0. The highest BCUT2D eigenvalue weighted by atomic mass is 16.6. The molecule has 2 heterocycles. The van der Waals surface area contributed by atoms with Gasteiger partial charge in [-0.2, -0.15) is 0 Å². The molecule has 0 radical (unpaired) electrons. The summed E-state index contributed by atoms with van der Waals surface area (Å²) in [5.74, 6) is 1.12. The van der Waals surface area contributed by atoms with E-state index in [9.17, 15) is 0 Å². The molecule has 2 aromatic rings. The highest BCUT2D eigenvalue weighted by molar-refractivity contribution is 4.97. The van der Waals surface area contributed by atoms with E-state index in [1.165, 1.54) is 12.8 Å². The molecule has 0 atom stereocenters. The van der Waals surface area contributed by atoms with Crippen LogP contribution >= 0.6 is 0 Å². The summed E-state index contributed by atoms with van der Waals surface area (Å²) in [7, 11) is 0. The molecule has 0 aliphatic carbocycles. The smallest absolute Gasteiger partial charge is 0.108 e. The SMILES string of the molecule is CC(C)CCCCn1cc(COCCOCCOCCOCCOCCOCCOCCOCCOCCOCCOCCOCCn2cc(C(C)C)nn2)nn1. The summed E-state index contributed by atoms with van der Waals surface area (Å²) in [5.41, 5.74) is 1.83. The molecular weight excluding hydrogens is 744 g/mol. The van der Waals surface area contributed by atoms with E-state index in [0.29, 0.717) is 171 Å². The van der Waals surface area contributed by atoms with Gasteiger partial charge in [0.2, 0.25) is 0 Å². The van der Waals surface area contributed by atoms with Gasteiger partial charge >= 0.3 is 0 Å². The van der Waals surface area contributed by atoms with Gasteiger partial charge in [-0.3, -0.25) is 4.68 Å².